The van der Waals surface area contributed by atoms with E-state index >= 15 is 0 Å². The number of piperazine rings is 1. The zero-order valence-electron chi connectivity index (χ0n) is 20.6. The molecule has 0 atom stereocenters. The van der Waals surface area contributed by atoms with E-state index in [9.17, 15) is 25.0 Å². The topological polar surface area (TPSA) is 131 Å². The van der Waals surface area contributed by atoms with Gasteiger partial charge in [-0.2, -0.15) is 4.99 Å². The van der Waals surface area contributed by atoms with Crippen molar-refractivity contribution >= 4 is 46.0 Å². The number of nitro groups is 2. The first kappa shape index (κ1) is 25.9. The number of aliphatic imine (C=N–C) groups is 1. The molecule has 0 aliphatic carbocycles. The van der Waals surface area contributed by atoms with Gasteiger partial charge in [0.2, 0.25) is 0 Å². The molecule has 39 heavy (non-hydrogen) atoms. The summed E-state index contributed by atoms with van der Waals surface area (Å²) in [6.45, 7) is 2.63. The van der Waals surface area contributed by atoms with E-state index in [1.54, 1.807) is 48.5 Å². The van der Waals surface area contributed by atoms with Gasteiger partial charge < -0.3 is 14.5 Å². The smallest absolute Gasteiger partial charge is 0.292 e. The van der Waals surface area contributed by atoms with Crippen molar-refractivity contribution in [1.82, 2.24) is 4.90 Å². The van der Waals surface area contributed by atoms with Crippen molar-refractivity contribution in [2.75, 3.05) is 31.1 Å². The zero-order valence-corrected chi connectivity index (χ0v) is 21.5. The molecular weight excluding hydrogens is 522 g/mol. The van der Waals surface area contributed by atoms with Crippen LogP contribution in [0, 0.1) is 20.2 Å². The number of carbonyl (C=O) groups is 1. The second-order valence-electron chi connectivity index (χ2n) is 8.81. The van der Waals surface area contributed by atoms with Gasteiger partial charge in [-0.05, 0) is 59.3 Å². The number of anilines is 1. The van der Waals surface area contributed by atoms with Crippen molar-refractivity contribution in [3.63, 3.8) is 0 Å². The Morgan fingerprint density at radius 1 is 0.872 bits per heavy atom. The lowest BCUT2D eigenvalue weighted by Gasteiger charge is -2.36. The van der Waals surface area contributed by atoms with Crippen LogP contribution in [0.25, 0.3) is 6.08 Å². The average Bonchev–Trinajstić information content (AvgIpc) is 3.32. The number of non-ortho nitro benzene ring substituents is 1. The highest BCUT2D eigenvalue weighted by atomic mass is 32.2. The molecule has 0 bridgehead atoms. The molecule has 3 aromatic rings. The van der Waals surface area contributed by atoms with Gasteiger partial charge in [-0.1, -0.05) is 24.3 Å². The lowest BCUT2D eigenvalue weighted by molar-refractivity contribution is -0.384. The van der Waals surface area contributed by atoms with Crippen molar-refractivity contribution in [3.05, 3.63) is 109 Å². The van der Waals surface area contributed by atoms with Crippen molar-refractivity contribution in [3.8, 4) is 5.75 Å². The molecule has 0 unspecified atom stereocenters. The minimum Gasteiger partial charge on any atom is -0.489 e. The molecule has 11 nitrogen and oxygen atoms in total. The fourth-order valence-corrected chi connectivity index (χ4v) is 5.21. The number of ether oxygens (including phenoxy) is 1. The van der Waals surface area contributed by atoms with Crippen LogP contribution in [0.2, 0.25) is 0 Å². The summed E-state index contributed by atoms with van der Waals surface area (Å²) in [7, 11) is 0. The number of amidine groups is 1. The number of hydrogen-bond acceptors (Lipinski definition) is 9. The van der Waals surface area contributed by atoms with Crippen LogP contribution in [0.15, 0.2) is 82.7 Å². The molecule has 1 saturated heterocycles. The summed E-state index contributed by atoms with van der Waals surface area (Å²) >= 11 is 1.32. The number of hydrogen-bond donors (Lipinski definition) is 0. The van der Waals surface area contributed by atoms with Gasteiger partial charge in [-0.3, -0.25) is 25.0 Å². The zero-order chi connectivity index (χ0) is 27.4. The van der Waals surface area contributed by atoms with Gasteiger partial charge in [-0.25, -0.2) is 0 Å². The Kier molecular flexibility index (Phi) is 7.55. The minimum atomic E-state index is -0.444. The quantitative estimate of drug-likeness (QED) is 0.232. The number of carbonyl (C=O) groups excluding carboxylic acids is 1. The number of amides is 1. The van der Waals surface area contributed by atoms with Gasteiger partial charge in [0, 0.05) is 44.4 Å². The van der Waals surface area contributed by atoms with E-state index in [0.29, 0.717) is 47.7 Å². The third-order valence-electron chi connectivity index (χ3n) is 6.31. The van der Waals surface area contributed by atoms with Crippen LogP contribution in [-0.4, -0.2) is 52.0 Å². The summed E-state index contributed by atoms with van der Waals surface area (Å²) < 4.78 is 5.76. The average molecular weight is 546 g/mol. The normalized spacial score (nSPS) is 16.4. The Hall–Kier alpha value is -4.71. The van der Waals surface area contributed by atoms with Crippen LogP contribution < -0.4 is 9.64 Å². The maximum absolute atomic E-state index is 12.6. The van der Waals surface area contributed by atoms with Crippen molar-refractivity contribution < 1.29 is 19.4 Å². The third-order valence-corrected chi connectivity index (χ3v) is 7.35. The Bertz CT molecular complexity index is 1460. The monoisotopic (exact) mass is 545 g/mol. The molecule has 0 N–H and O–H groups in total. The predicted octanol–water partition coefficient (Wildman–Crippen LogP) is 4.87. The Morgan fingerprint density at radius 2 is 1.54 bits per heavy atom. The van der Waals surface area contributed by atoms with Gasteiger partial charge in [0.25, 0.3) is 17.3 Å². The Balaban J connectivity index is 1.15. The maximum atomic E-state index is 12.6. The Labute approximate surface area is 227 Å². The van der Waals surface area contributed by atoms with Crippen molar-refractivity contribution in [2.24, 2.45) is 4.99 Å². The SMILES string of the molecule is O=C1N=C(N2CCN(c3ccccc3[N+](=O)[O-])CC2)SC1=Cc1ccc(OCc2ccc([N+](=O)[O-])cc2)cc1. The van der Waals surface area contributed by atoms with Crippen molar-refractivity contribution in [2.45, 2.75) is 6.61 Å². The van der Waals surface area contributed by atoms with E-state index in [2.05, 4.69) is 4.99 Å². The Morgan fingerprint density at radius 3 is 2.21 bits per heavy atom. The van der Waals surface area contributed by atoms with Gasteiger partial charge in [0.15, 0.2) is 5.17 Å². The number of rotatable bonds is 7. The second-order valence-corrected chi connectivity index (χ2v) is 9.82. The number of thioether (sulfide) groups is 1. The lowest BCUT2D eigenvalue weighted by atomic mass is 10.2. The first-order chi connectivity index (χ1) is 18.9. The molecule has 0 saturated carbocycles. The van der Waals surface area contributed by atoms with Gasteiger partial charge in [0.1, 0.15) is 18.0 Å². The first-order valence-electron chi connectivity index (χ1n) is 12.1. The molecular formula is C27H23N5O6S. The van der Waals surface area contributed by atoms with Gasteiger partial charge in [0.05, 0.1) is 14.8 Å². The van der Waals surface area contributed by atoms with Gasteiger partial charge >= 0.3 is 0 Å². The first-order valence-corrected chi connectivity index (χ1v) is 12.9. The van der Waals surface area contributed by atoms with E-state index in [0.717, 1.165) is 11.1 Å². The molecule has 12 heteroatoms. The molecule has 2 aliphatic rings. The highest BCUT2D eigenvalue weighted by Crippen LogP contribution is 2.33. The fraction of sp³-hybridized carbons (Fsp3) is 0.185. The molecule has 0 radical (unpaired) electrons. The number of benzene rings is 3. The summed E-state index contributed by atoms with van der Waals surface area (Å²) in [6, 6.07) is 20.2. The summed E-state index contributed by atoms with van der Waals surface area (Å²) in [5.41, 5.74) is 2.35. The van der Waals surface area contributed by atoms with Crippen LogP contribution in [0.1, 0.15) is 11.1 Å². The number of nitro benzene ring substituents is 2. The molecule has 1 amide bonds. The molecule has 0 spiro atoms. The van der Waals surface area contributed by atoms with E-state index in [1.807, 2.05) is 21.9 Å². The third kappa shape index (κ3) is 6.07. The minimum absolute atomic E-state index is 0.0309. The number of nitrogens with zero attached hydrogens (tertiary/aromatic N) is 5. The summed E-state index contributed by atoms with van der Waals surface area (Å²) in [6.07, 6.45) is 1.78. The van der Waals surface area contributed by atoms with E-state index in [1.165, 1.54) is 30.0 Å². The lowest BCUT2D eigenvalue weighted by Crippen LogP contribution is -2.48. The molecule has 1 fully saturated rings. The largest absolute Gasteiger partial charge is 0.489 e. The number of para-hydroxylation sites is 2. The molecule has 2 aliphatic heterocycles. The van der Waals surface area contributed by atoms with Crippen molar-refractivity contribution in [1.29, 1.82) is 0 Å². The highest BCUT2D eigenvalue weighted by Gasteiger charge is 2.30. The summed E-state index contributed by atoms with van der Waals surface area (Å²) in [4.78, 5) is 42.7. The maximum Gasteiger partial charge on any atom is 0.292 e. The summed E-state index contributed by atoms with van der Waals surface area (Å²) in [5.74, 6) is 0.337. The molecule has 3 aromatic carbocycles. The highest BCUT2D eigenvalue weighted by molar-refractivity contribution is 8.18. The summed E-state index contributed by atoms with van der Waals surface area (Å²) in [5, 5.41) is 22.8. The molecule has 2 heterocycles. The van der Waals surface area contributed by atoms with E-state index in [-0.39, 0.29) is 28.8 Å². The van der Waals surface area contributed by atoms with E-state index < -0.39 is 4.92 Å². The second kappa shape index (κ2) is 11.4. The van der Waals surface area contributed by atoms with Crippen LogP contribution in [0.3, 0.4) is 0 Å². The van der Waals surface area contributed by atoms with Crippen LogP contribution >= 0.6 is 11.8 Å². The molecule has 198 valence electrons. The van der Waals surface area contributed by atoms with Crippen LogP contribution in [-0.2, 0) is 11.4 Å². The van der Waals surface area contributed by atoms with E-state index in [4.69, 9.17) is 4.74 Å². The van der Waals surface area contributed by atoms with Crippen LogP contribution in [0.5, 0.6) is 5.75 Å². The standard InChI is InChI=1S/C27H23N5O6S/c33-26-25(17-19-7-11-22(12-8-19)38-18-20-5-9-21(10-6-20)31(34)35)39-27(28-26)30-15-13-29(14-16-30)23-3-1-2-4-24(23)32(36)37/h1-12,17H,13-16,18H2. The fourth-order valence-electron chi connectivity index (χ4n) is 4.25. The van der Waals surface area contributed by atoms with Crippen LogP contribution in [0.4, 0.5) is 17.1 Å². The molecule has 0 aromatic heterocycles. The predicted molar refractivity (Wildman–Crippen MR) is 149 cm³/mol. The molecule has 5 rings (SSSR count). The van der Waals surface area contributed by atoms with Gasteiger partial charge in [-0.15, -0.1) is 0 Å².